The summed E-state index contributed by atoms with van der Waals surface area (Å²) in [5.41, 5.74) is 3.25. The van der Waals surface area contributed by atoms with E-state index in [1.54, 1.807) is 12.1 Å². The van der Waals surface area contributed by atoms with Gasteiger partial charge in [-0.1, -0.05) is 6.92 Å². The van der Waals surface area contributed by atoms with Crippen molar-refractivity contribution in [3.8, 4) is 0 Å². The second-order valence-corrected chi connectivity index (χ2v) is 2.97. The lowest BCUT2D eigenvalue weighted by Gasteiger charge is -2.19. The number of nitrogens with zero attached hydrogens (tertiary/aromatic N) is 1. The Morgan fingerprint density at radius 3 is 2.64 bits per heavy atom. The quantitative estimate of drug-likeness (QED) is 0.747. The zero-order chi connectivity index (χ0) is 10.6. The summed E-state index contributed by atoms with van der Waals surface area (Å²) in [5, 5.41) is 1.79. The summed E-state index contributed by atoms with van der Waals surface area (Å²) in [4.78, 5) is 0. The Bertz CT molecular complexity index is 298. The molecule has 0 unspecified atom stereocenters. The fraction of sp³-hybridized carbons (Fsp3) is 0.400. The lowest BCUT2D eigenvalue weighted by atomic mass is 10.2. The van der Waals surface area contributed by atoms with Gasteiger partial charge in [-0.05, 0) is 25.2 Å². The number of halogens is 2. The first-order valence-electron chi connectivity index (χ1n) is 4.53. The van der Waals surface area contributed by atoms with Crippen molar-refractivity contribution < 1.29 is 8.78 Å². The van der Waals surface area contributed by atoms with Crippen LogP contribution >= 0.6 is 0 Å². The predicted octanol–water partition coefficient (Wildman–Crippen LogP) is 1.92. The molecule has 0 aliphatic carbocycles. The fourth-order valence-electron chi connectivity index (χ4n) is 1.22. The highest BCUT2D eigenvalue weighted by Crippen LogP contribution is 2.11. The molecule has 14 heavy (non-hydrogen) atoms. The molecule has 1 aromatic carbocycles. The van der Waals surface area contributed by atoms with Crippen LogP contribution in [0.25, 0.3) is 0 Å². The van der Waals surface area contributed by atoms with Gasteiger partial charge in [-0.25, -0.2) is 13.8 Å². The van der Waals surface area contributed by atoms with E-state index in [9.17, 15) is 8.78 Å². The maximum atomic E-state index is 13.2. The van der Waals surface area contributed by atoms with Gasteiger partial charge in [-0.2, -0.15) is 0 Å². The van der Waals surface area contributed by atoms with Gasteiger partial charge in [0.05, 0.1) is 0 Å². The Morgan fingerprint density at radius 1 is 1.36 bits per heavy atom. The lowest BCUT2D eigenvalue weighted by Crippen LogP contribution is -2.34. The smallest absolute Gasteiger partial charge is 0.127 e. The molecule has 0 spiro atoms. The second kappa shape index (κ2) is 5.02. The zero-order valence-corrected chi connectivity index (χ0v) is 8.35. The molecule has 0 saturated heterocycles. The first-order valence-corrected chi connectivity index (χ1v) is 4.53. The van der Waals surface area contributed by atoms with Gasteiger partial charge >= 0.3 is 0 Å². The Hall–Kier alpha value is -1.00. The minimum absolute atomic E-state index is 0.358. The van der Waals surface area contributed by atoms with Crippen LogP contribution in [-0.4, -0.2) is 18.6 Å². The monoisotopic (exact) mass is 200 g/mol. The summed E-state index contributed by atoms with van der Waals surface area (Å²) in [6.45, 7) is 3.02. The SMILES string of the molecule is CCN(Cc1cc(F)ccc1F)NC. The van der Waals surface area contributed by atoms with Crippen LogP contribution in [0, 0.1) is 11.6 Å². The molecule has 1 rings (SSSR count). The summed E-state index contributed by atoms with van der Waals surface area (Å²) in [7, 11) is 1.75. The molecule has 0 aliphatic heterocycles. The average molecular weight is 200 g/mol. The van der Waals surface area contributed by atoms with Gasteiger partial charge in [0.1, 0.15) is 11.6 Å². The third-order valence-electron chi connectivity index (χ3n) is 2.07. The van der Waals surface area contributed by atoms with E-state index in [-0.39, 0.29) is 5.82 Å². The molecule has 0 saturated carbocycles. The highest BCUT2D eigenvalue weighted by Gasteiger charge is 2.07. The standard InChI is InChI=1S/C10H14F2N2/c1-3-14(13-2)7-8-6-9(11)4-5-10(8)12/h4-6,13H,3,7H2,1-2H3. The number of benzene rings is 1. The fourth-order valence-corrected chi connectivity index (χ4v) is 1.22. The first-order chi connectivity index (χ1) is 6.67. The van der Waals surface area contributed by atoms with E-state index in [4.69, 9.17) is 0 Å². The third kappa shape index (κ3) is 2.75. The highest BCUT2D eigenvalue weighted by atomic mass is 19.1. The van der Waals surface area contributed by atoms with Gasteiger partial charge in [0, 0.05) is 18.7 Å². The average Bonchev–Trinajstić information content (AvgIpc) is 2.19. The molecule has 0 radical (unpaired) electrons. The molecule has 0 aliphatic rings. The van der Waals surface area contributed by atoms with Crippen molar-refractivity contribution in [2.24, 2.45) is 0 Å². The van der Waals surface area contributed by atoms with E-state index < -0.39 is 5.82 Å². The Morgan fingerprint density at radius 2 is 2.07 bits per heavy atom. The number of hydrazine groups is 1. The molecule has 0 aromatic heterocycles. The molecule has 0 atom stereocenters. The van der Waals surface area contributed by atoms with Gasteiger partial charge < -0.3 is 0 Å². The van der Waals surface area contributed by atoms with Gasteiger partial charge in [-0.3, -0.25) is 5.43 Å². The minimum atomic E-state index is -0.409. The van der Waals surface area contributed by atoms with Crippen molar-refractivity contribution in [2.45, 2.75) is 13.5 Å². The Kier molecular flexibility index (Phi) is 3.98. The van der Waals surface area contributed by atoms with Gasteiger partial charge in [0.15, 0.2) is 0 Å². The molecule has 2 nitrogen and oxygen atoms in total. The zero-order valence-electron chi connectivity index (χ0n) is 8.35. The number of hydrogen-bond acceptors (Lipinski definition) is 2. The summed E-state index contributed by atoms with van der Waals surface area (Å²) in [6.07, 6.45) is 0. The molecule has 1 aromatic rings. The summed E-state index contributed by atoms with van der Waals surface area (Å²) in [6, 6.07) is 3.48. The van der Waals surface area contributed by atoms with E-state index in [0.717, 1.165) is 18.7 Å². The molecule has 0 heterocycles. The lowest BCUT2D eigenvalue weighted by molar-refractivity contribution is 0.207. The van der Waals surface area contributed by atoms with Gasteiger partial charge in [-0.15, -0.1) is 0 Å². The van der Waals surface area contributed by atoms with E-state index in [2.05, 4.69) is 5.43 Å². The van der Waals surface area contributed by atoms with Crippen LogP contribution in [0.4, 0.5) is 8.78 Å². The summed E-state index contributed by atoms with van der Waals surface area (Å²) >= 11 is 0. The Labute approximate surface area is 82.5 Å². The molecule has 4 heteroatoms. The van der Waals surface area contributed by atoms with Crippen molar-refractivity contribution in [1.82, 2.24) is 10.4 Å². The van der Waals surface area contributed by atoms with E-state index >= 15 is 0 Å². The van der Waals surface area contributed by atoms with Crippen LogP contribution in [-0.2, 0) is 6.54 Å². The molecule has 0 bridgehead atoms. The Balaban J connectivity index is 2.79. The van der Waals surface area contributed by atoms with Crippen LogP contribution in [0.5, 0.6) is 0 Å². The topological polar surface area (TPSA) is 15.3 Å². The van der Waals surface area contributed by atoms with Crippen molar-refractivity contribution in [1.29, 1.82) is 0 Å². The van der Waals surface area contributed by atoms with Crippen LogP contribution in [0.3, 0.4) is 0 Å². The minimum Gasteiger partial charge on any atom is -0.258 e. The second-order valence-electron chi connectivity index (χ2n) is 2.97. The van der Waals surface area contributed by atoms with Crippen LogP contribution in [0.15, 0.2) is 18.2 Å². The molecular formula is C10H14F2N2. The van der Waals surface area contributed by atoms with Gasteiger partial charge in [0.25, 0.3) is 0 Å². The third-order valence-corrected chi connectivity index (χ3v) is 2.07. The number of rotatable bonds is 4. The van der Waals surface area contributed by atoms with E-state index in [0.29, 0.717) is 12.1 Å². The highest BCUT2D eigenvalue weighted by molar-refractivity contribution is 5.18. The van der Waals surface area contributed by atoms with Crippen LogP contribution in [0.2, 0.25) is 0 Å². The first kappa shape index (κ1) is 11.1. The van der Waals surface area contributed by atoms with Gasteiger partial charge in [0.2, 0.25) is 0 Å². The summed E-state index contributed by atoms with van der Waals surface area (Å²) in [5.74, 6) is -0.784. The molecule has 0 fully saturated rings. The van der Waals surface area contributed by atoms with E-state index in [1.807, 2.05) is 6.92 Å². The van der Waals surface area contributed by atoms with E-state index in [1.165, 1.54) is 6.07 Å². The van der Waals surface area contributed by atoms with Crippen molar-refractivity contribution in [3.05, 3.63) is 35.4 Å². The maximum Gasteiger partial charge on any atom is 0.127 e. The van der Waals surface area contributed by atoms with Crippen molar-refractivity contribution in [2.75, 3.05) is 13.6 Å². The number of nitrogens with one attached hydrogen (secondary N) is 1. The number of hydrogen-bond donors (Lipinski definition) is 1. The largest absolute Gasteiger partial charge is 0.258 e. The molecular weight excluding hydrogens is 186 g/mol. The maximum absolute atomic E-state index is 13.2. The van der Waals surface area contributed by atoms with Crippen molar-refractivity contribution >= 4 is 0 Å². The molecule has 0 amide bonds. The molecule has 78 valence electrons. The predicted molar refractivity (Wildman–Crippen MR) is 51.5 cm³/mol. The van der Waals surface area contributed by atoms with Crippen LogP contribution in [0.1, 0.15) is 12.5 Å². The molecule has 1 N–H and O–H groups in total. The van der Waals surface area contributed by atoms with Crippen LogP contribution < -0.4 is 5.43 Å². The van der Waals surface area contributed by atoms with Crippen molar-refractivity contribution in [3.63, 3.8) is 0 Å². The summed E-state index contributed by atoms with van der Waals surface area (Å²) < 4.78 is 26.0. The normalized spacial score (nSPS) is 10.9.